The molecule has 10 heteroatoms. The molecule has 114 valence electrons. The van der Waals surface area contributed by atoms with Gasteiger partial charge >= 0.3 is 0 Å². The van der Waals surface area contributed by atoms with Crippen LogP contribution in [-0.2, 0) is 9.84 Å². The average molecular weight is 375 g/mol. The molecule has 0 radical (unpaired) electrons. The second-order valence-corrected chi connectivity index (χ2v) is 8.49. The smallest absolute Gasteiger partial charge is 0.248 e. The molecule has 0 bridgehead atoms. The topological polar surface area (TPSA) is 85.7 Å². The Labute approximate surface area is 140 Å². The molecule has 0 atom stereocenters. The quantitative estimate of drug-likeness (QED) is 0.684. The third kappa shape index (κ3) is 2.56. The standard InChI is InChI=1S/C12H8Cl2N4O2S2/c1-5-11(22(19,20)12-18-17-6(2)21-12)16-10-4-8(14)7(13)3-9(10)15-5/h3-4H,1-2H3. The number of aryl methyl sites for hydroxylation is 2. The number of nitrogens with zero attached hydrogens (tertiary/aromatic N) is 4. The van der Waals surface area contributed by atoms with Crippen LogP contribution in [0, 0.1) is 13.8 Å². The summed E-state index contributed by atoms with van der Waals surface area (Å²) in [6.45, 7) is 3.24. The maximum Gasteiger partial charge on any atom is 0.254 e. The number of fused-ring (bicyclic) bond motifs is 1. The van der Waals surface area contributed by atoms with Gasteiger partial charge in [-0.05, 0) is 26.0 Å². The van der Waals surface area contributed by atoms with Gasteiger partial charge in [0.1, 0.15) is 5.01 Å². The fourth-order valence-corrected chi connectivity index (χ4v) is 4.58. The molecule has 0 N–H and O–H groups in total. The first-order chi connectivity index (χ1) is 10.3. The highest BCUT2D eigenvalue weighted by Gasteiger charge is 2.27. The lowest BCUT2D eigenvalue weighted by Crippen LogP contribution is -2.08. The third-order valence-electron chi connectivity index (χ3n) is 2.83. The van der Waals surface area contributed by atoms with Crippen molar-refractivity contribution in [3.8, 4) is 0 Å². The normalized spacial score (nSPS) is 12.0. The van der Waals surface area contributed by atoms with Crippen LogP contribution >= 0.6 is 34.5 Å². The van der Waals surface area contributed by atoms with Crippen LogP contribution in [0.1, 0.15) is 10.7 Å². The molecule has 2 heterocycles. The number of hydrogen-bond donors (Lipinski definition) is 0. The Bertz CT molecular complexity index is 1000. The van der Waals surface area contributed by atoms with Crippen LogP contribution in [0.15, 0.2) is 21.5 Å². The Hall–Kier alpha value is -1.35. The molecule has 0 unspecified atom stereocenters. The fourth-order valence-electron chi connectivity index (χ4n) is 1.85. The maximum absolute atomic E-state index is 12.6. The predicted molar refractivity (Wildman–Crippen MR) is 84.4 cm³/mol. The number of sulfone groups is 1. The summed E-state index contributed by atoms with van der Waals surface area (Å²) in [4.78, 5) is 8.43. The second-order valence-electron chi connectivity index (χ2n) is 4.46. The van der Waals surface area contributed by atoms with Gasteiger partial charge in [-0.3, -0.25) is 0 Å². The molecule has 0 aliphatic heterocycles. The Morgan fingerprint density at radius 2 is 1.59 bits per heavy atom. The molecule has 0 fully saturated rings. The van der Waals surface area contributed by atoms with Gasteiger partial charge in [-0.2, -0.15) is 0 Å². The summed E-state index contributed by atoms with van der Waals surface area (Å²) in [6, 6.07) is 3.03. The largest absolute Gasteiger partial charge is 0.254 e. The van der Waals surface area contributed by atoms with E-state index in [9.17, 15) is 8.42 Å². The first-order valence-electron chi connectivity index (χ1n) is 5.97. The Kier molecular flexibility index (Phi) is 3.80. The number of halogens is 2. The first-order valence-corrected chi connectivity index (χ1v) is 9.03. The van der Waals surface area contributed by atoms with Gasteiger partial charge in [0.05, 0.1) is 26.8 Å². The van der Waals surface area contributed by atoms with E-state index in [1.807, 2.05) is 0 Å². The lowest BCUT2D eigenvalue weighted by Gasteiger charge is -2.06. The van der Waals surface area contributed by atoms with Crippen molar-refractivity contribution in [2.24, 2.45) is 0 Å². The lowest BCUT2D eigenvalue weighted by molar-refractivity contribution is 0.589. The van der Waals surface area contributed by atoms with E-state index in [-0.39, 0.29) is 20.1 Å². The van der Waals surface area contributed by atoms with E-state index in [0.29, 0.717) is 21.1 Å². The zero-order valence-corrected chi connectivity index (χ0v) is 14.5. The summed E-state index contributed by atoms with van der Waals surface area (Å²) < 4.78 is 25.1. The molecule has 1 aromatic carbocycles. The molecule has 22 heavy (non-hydrogen) atoms. The molecule has 0 spiro atoms. The molecule has 0 saturated carbocycles. The Morgan fingerprint density at radius 3 is 2.14 bits per heavy atom. The summed E-state index contributed by atoms with van der Waals surface area (Å²) >= 11 is 12.9. The minimum atomic E-state index is -3.87. The summed E-state index contributed by atoms with van der Waals surface area (Å²) in [5.41, 5.74) is 1.08. The zero-order chi connectivity index (χ0) is 16.1. The molecule has 2 aromatic heterocycles. The zero-order valence-electron chi connectivity index (χ0n) is 11.3. The van der Waals surface area contributed by atoms with Gasteiger partial charge in [-0.25, -0.2) is 18.4 Å². The Morgan fingerprint density at radius 1 is 1.00 bits per heavy atom. The lowest BCUT2D eigenvalue weighted by atomic mass is 10.3. The van der Waals surface area contributed by atoms with Gasteiger partial charge in [0.2, 0.25) is 4.34 Å². The van der Waals surface area contributed by atoms with Crippen molar-refractivity contribution < 1.29 is 8.42 Å². The summed E-state index contributed by atoms with van der Waals surface area (Å²) in [7, 11) is -3.87. The average Bonchev–Trinajstić information content (AvgIpc) is 2.87. The van der Waals surface area contributed by atoms with Crippen molar-refractivity contribution in [2.75, 3.05) is 0 Å². The summed E-state index contributed by atoms with van der Waals surface area (Å²) in [6.07, 6.45) is 0. The SMILES string of the molecule is Cc1nnc(S(=O)(=O)c2nc3cc(Cl)c(Cl)cc3nc2C)s1. The van der Waals surface area contributed by atoms with Crippen molar-refractivity contribution in [1.29, 1.82) is 0 Å². The van der Waals surface area contributed by atoms with E-state index in [0.717, 1.165) is 11.3 Å². The maximum atomic E-state index is 12.6. The van der Waals surface area contributed by atoms with Crippen molar-refractivity contribution in [3.05, 3.63) is 32.9 Å². The number of aromatic nitrogens is 4. The van der Waals surface area contributed by atoms with E-state index in [1.165, 1.54) is 6.07 Å². The highest BCUT2D eigenvalue weighted by Crippen LogP contribution is 2.29. The van der Waals surface area contributed by atoms with Gasteiger partial charge < -0.3 is 0 Å². The van der Waals surface area contributed by atoms with E-state index in [4.69, 9.17) is 23.2 Å². The number of rotatable bonds is 2. The second kappa shape index (κ2) is 5.38. The number of benzene rings is 1. The Balaban J connectivity index is 2.27. The van der Waals surface area contributed by atoms with Crippen LogP contribution in [0.4, 0.5) is 0 Å². The molecule has 3 rings (SSSR count). The minimum absolute atomic E-state index is 0.109. The van der Waals surface area contributed by atoms with Gasteiger partial charge in [-0.15, -0.1) is 10.2 Å². The van der Waals surface area contributed by atoms with Crippen molar-refractivity contribution >= 4 is 55.4 Å². The fraction of sp³-hybridized carbons (Fsp3) is 0.167. The van der Waals surface area contributed by atoms with Crippen molar-refractivity contribution in [3.63, 3.8) is 0 Å². The molecule has 0 aliphatic rings. The first kappa shape index (κ1) is 15.5. The van der Waals surface area contributed by atoms with E-state index in [2.05, 4.69) is 20.2 Å². The molecule has 3 aromatic rings. The molecular formula is C12H8Cl2N4O2S2. The summed E-state index contributed by atoms with van der Waals surface area (Å²) in [5.74, 6) is 0. The van der Waals surface area contributed by atoms with Crippen molar-refractivity contribution in [2.45, 2.75) is 23.2 Å². The summed E-state index contributed by atoms with van der Waals surface area (Å²) in [5, 5.41) is 8.42. The van der Waals surface area contributed by atoms with E-state index in [1.54, 1.807) is 19.9 Å². The molecule has 6 nitrogen and oxygen atoms in total. The van der Waals surface area contributed by atoms with Gasteiger partial charge in [0.25, 0.3) is 9.84 Å². The highest BCUT2D eigenvalue weighted by atomic mass is 35.5. The van der Waals surface area contributed by atoms with Gasteiger partial charge in [0.15, 0.2) is 5.03 Å². The molecule has 0 saturated heterocycles. The van der Waals surface area contributed by atoms with Gasteiger partial charge in [-0.1, -0.05) is 34.5 Å². The highest BCUT2D eigenvalue weighted by molar-refractivity contribution is 7.93. The van der Waals surface area contributed by atoms with Crippen LogP contribution in [0.5, 0.6) is 0 Å². The van der Waals surface area contributed by atoms with Crippen LogP contribution in [-0.4, -0.2) is 28.6 Å². The monoisotopic (exact) mass is 374 g/mol. The van der Waals surface area contributed by atoms with Crippen LogP contribution in [0.25, 0.3) is 11.0 Å². The van der Waals surface area contributed by atoms with E-state index >= 15 is 0 Å². The van der Waals surface area contributed by atoms with Crippen LogP contribution in [0.3, 0.4) is 0 Å². The molecule has 0 aliphatic carbocycles. The molecule has 0 amide bonds. The predicted octanol–water partition coefficient (Wildman–Crippen LogP) is 3.24. The third-order valence-corrected chi connectivity index (χ3v) is 6.53. The molecular weight excluding hydrogens is 367 g/mol. The van der Waals surface area contributed by atoms with Crippen molar-refractivity contribution in [1.82, 2.24) is 20.2 Å². The van der Waals surface area contributed by atoms with Crippen LogP contribution < -0.4 is 0 Å². The van der Waals surface area contributed by atoms with Gasteiger partial charge in [0, 0.05) is 0 Å². The van der Waals surface area contributed by atoms with Crippen LogP contribution in [0.2, 0.25) is 10.0 Å². The van der Waals surface area contributed by atoms with E-state index < -0.39 is 9.84 Å². The number of hydrogen-bond acceptors (Lipinski definition) is 7. The minimum Gasteiger partial charge on any atom is -0.248 e.